The average Bonchev–Trinajstić information content (AvgIpc) is 3.02. The molecule has 0 bridgehead atoms. The highest BCUT2D eigenvalue weighted by Crippen LogP contribution is 2.32. The standard InChI is InChI=1S/C14H14BrN3OS/c1-2-7-3-4-12(20-7)13(16)8-5-10-11(6-9(8)15)18-14(19)17-10/h3-6,13H,2,16H2,1H3,(H2,17,18,19). The molecule has 3 rings (SSSR count). The molecule has 1 unspecified atom stereocenters. The Balaban J connectivity index is 2.07. The van der Waals surface area contributed by atoms with E-state index in [9.17, 15) is 4.79 Å². The van der Waals surface area contributed by atoms with Crippen molar-refractivity contribution in [1.82, 2.24) is 9.97 Å². The highest BCUT2D eigenvalue weighted by Gasteiger charge is 2.16. The third-order valence-electron chi connectivity index (χ3n) is 3.31. The van der Waals surface area contributed by atoms with Crippen LogP contribution >= 0.6 is 27.3 Å². The summed E-state index contributed by atoms with van der Waals surface area (Å²) in [6, 6.07) is 7.80. The number of nitrogens with two attached hydrogens (primary N) is 1. The molecule has 1 atom stereocenters. The number of hydrogen-bond donors (Lipinski definition) is 3. The van der Waals surface area contributed by atoms with E-state index in [1.54, 1.807) is 11.3 Å². The maximum absolute atomic E-state index is 11.3. The second-order valence-corrected chi connectivity index (χ2v) is 6.69. The summed E-state index contributed by atoms with van der Waals surface area (Å²) in [7, 11) is 0. The lowest BCUT2D eigenvalue weighted by Crippen LogP contribution is -2.10. The number of halogens is 1. The van der Waals surface area contributed by atoms with Crippen LogP contribution in [0.3, 0.4) is 0 Å². The maximum Gasteiger partial charge on any atom is 0.323 e. The second-order valence-electron chi connectivity index (χ2n) is 4.63. The summed E-state index contributed by atoms with van der Waals surface area (Å²) < 4.78 is 0.902. The summed E-state index contributed by atoms with van der Waals surface area (Å²) in [5, 5.41) is 0. The van der Waals surface area contributed by atoms with Crippen LogP contribution in [0.5, 0.6) is 0 Å². The first kappa shape index (κ1) is 13.6. The van der Waals surface area contributed by atoms with Gasteiger partial charge in [-0.2, -0.15) is 0 Å². The monoisotopic (exact) mass is 351 g/mol. The van der Waals surface area contributed by atoms with Gasteiger partial charge < -0.3 is 15.7 Å². The average molecular weight is 352 g/mol. The largest absolute Gasteiger partial charge is 0.323 e. The third kappa shape index (κ3) is 2.34. The number of aryl methyl sites for hydroxylation is 1. The molecular weight excluding hydrogens is 338 g/mol. The van der Waals surface area contributed by atoms with Crippen LogP contribution in [0.25, 0.3) is 11.0 Å². The Labute approximate surface area is 128 Å². The lowest BCUT2D eigenvalue weighted by Gasteiger charge is -2.12. The van der Waals surface area contributed by atoms with Gasteiger partial charge in [-0.25, -0.2) is 4.79 Å². The quantitative estimate of drug-likeness (QED) is 0.677. The first-order chi connectivity index (χ1) is 9.58. The van der Waals surface area contributed by atoms with Crippen LogP contribution in [0.4, 0.5) is 0 Å². The molecule has 4 N–H and O–H groups in total. The minimum atomic E-state index is -0.206. The third-order valence-corrected chi connectivity index (χ3v) is 5.31. The van der Waals surface area contributed by atoms with Gasteiger partial charge in [0.1, 0.15) is 0 Å². The Morgan fingerprint density at radius 1 is 1.30 bits per heavy atom. The minimum absolute atomic E-state index is 0.197. The molecule has 0 saturated heterocycles. The van der Waals surface area contributed by atoms with E-state index in [0.29, 0.717) is 0 Å². The fourth-order valence-electron chi connectivity index (χ4n) is 2.22. The van der Waals surface area contributed by atoms with E-state index in [1.807, 2.05) is 12.1 Å². The molecule has 104 valence electrons. The molecule has 20 heavy (non-hydrogen) atoms. The van der Waals surface area contributed by atoms with Crippen LogP contribution in [0.15, 0.2) is 33.5 Å². The normalized spacial score (nSPS) is 12.9. The highest BCUT2D eigenvalue weighted by molar-refractivity contribution is 9.10. The molecule has 6 heteroatoms. The zero-order valence-corrected chi connectivity index (χ0v) is 13.3. The van der Waals surface area contributed by atoms with E-state index in [1.165, 1.54) is 4.88 Å². The highest BCUT2D eigenvalue weighted by atomic mass is 79.9. The number of H-pyrrole nitrogens is 2. The van der Waals surface area contributed by atoms with Crippen LogP contribution in [0.2, 0.25) is 0 Å². The molecule has 2 aromatic heterocycles. The van der Waals surface area contributed by atoms with Gasteiger partial charge in [-0.15, -0.1) is 11.3 Å². The summed E-state index contributed by atoms with van der Waals surface area (Å²) >= 11 is 5.27. The van der Waals surface area contributed by atoms with Crippen LogP contribution in [-0.4, -0.2) is 9.97 Å². The zero-order chi connectivity index (χ0) is 14.3. The van der Waals surface area contributed by atoms with Crippen molar-refractivity contribution in [1.29, 1.82) is 0 Å². The van der Waals surface area contributed by atoms with Crippen LogP contribution < -0.4 is 11.4 Å². The Morgan fingerprint density at radius 2 is 2.00 bits per heavy atom. The molecule has 0 radical (unpaired) electrons. The van der Waals surface area contributed by atoms with Gasteiger partial charge in [-0.1, -0.05) is 22.9 Å². The van der Waals surface area contributed by atoms with E-state index in [4.69, 9.17) is 5.73 Å². The van der Waals surface area contributed by atoms with Gasteiger partial charge in [0.2, 0.25) is 0 Å². The first-order valence-corrected chi connectivity index (χ1v) is 7.95. The first-order valence-electron chi connectivity index (χ1n) is 6.34. The number of aromatic amines is 2. The molecule has 3 aromatic rings. The van der Waals surface area contributed by atoms with Crippen molar-refractivity contribution in [2.75, 3.05) is 0 Å². The smallest absolute Gasteiger partial charge is 0.320 e. The van der Waals surface area contributed by atoms with Gasteiger partial charge in [0.05, 0.1) is 17.1 Å². The number of imidazole rings is 1. The summed E-state index contributed by atoms with van der Waals surface area (Å²) in [5.41, 5.74) is 8.67. The molecule has 0 aliphatic carbocycles. The number of rotatable bonds is 3. The molecule has 0 spiro atoms. The number of thiophene rings is 1. The van der Waals surface area contributed by atoms with Gasteiger partial charge in [0, 0.05) is 14.2 Å². The Bertz CT molecular complexity index is 817. The zero-order valence-electron chi connectivity index (χ0n) is 10.9. The number of benzene rings is 1. The predicted molar refractivity (Wildman–Crippen MR) is 86.3 cm³/mol. The van der Waals surface area contributed by atoms with Crippen molar-refractivity contribution in [2.24, 2.45) is 5.73 Å². The molecule has 2 heterocycles. The van der Waals surface area contributed by atoms with Crippen molar-refractivity contribution in [2.45, 2.75) is 19.4 Å². The minimum Gasteiger partial charge on any atom is -0.320 e. The molecule has 0 aliphatic rings. The van der Waals surface area contributed by atoms with Crippen molar-refractivity contribution >= 4 is 38.3 Å². The van der Waals surface area contributed by atoms with Crippen LogP contribution in [0, 0.1) is 0 Å². The SMILES string of the molecule is CCc1ccc(C(N)c2cc3[nH]c(=O)[nH]c3cc2Br)s1. The van der Waals surface area contributed by atoms with Gasteiger partial charge in [-0.05, 0) is 36.2 Å². The van der Waals surface area contributed by atoms with Crippen molar-refractivity contribution in [3.8, 4) is 0 Å². The Hall–Kier alpha value is -1.37. The summed E-state index contributed by atoms with van der Waals surface area (Å²) in [5.74, 6) is 0. The lowest BCUT2D eigenvalue weighted by atomic mass is 10.1. The van der Waals surface area contributed by atoms with E-state index in [2.05, 4.69) is 45.0 Å². The predicted octanol–water partition coefficient (Wildman–Crippen LogP) is 3.29. The van der Waals surface area contributed by atoms with E-state index >= 15 is 0 Å². The van der Waals surface area contributed by atoms with Gasteiger partial charge in [-0.3, -0.25) is 0 Å². The number of hydrogen-bond acceptors (Lipinski definition) is 3. The fraction of sp³-hybridized carbons (Fsp3) is 0.214. The maximum atomic E-state index is 11.3. The van der Waals surface area contributed by atoms with Crippen molar-refractivity contribution < 1.29 is 0 Å². The molecule has 1 aromatic carbocycles. The molecule has 0 aliphatic heterocycles. The van der Waals surface area contributed by atoms with Gasteiger partial charge >= 0.3 is 5.69 Å². The molecule has 0 saturated carbocycles. The number of aromatic nitrogens is 2. The summed E-state index contributed by atoms with van der Waals surface area (Å²) in [4.78, 5) is 19.3. The van der Waals surface area contributed by atoms with Crippen LogP contribution in [0.1, 0.15) is 28.3 Å². The summed E-state index contributed by atoms with van der Waals surface area (Å²) in [6.07, 6.45) is 1.02. The van der Waals surface area contributed by atoms with E-state index < -0.39 is 0 Å². The summed E-state index contributed by atoms with van der Waals surface area (Å²) in [6.45, 7) is 2.13. The van der Waals surface area contributed by atoms with Crippen molar-refractivity contribution in [3.63, 3.8) is 0 Å². The second kappa shape index (κ2) is 5.20. The Kier molecular flexibility index (Phi) is 3.54. The fourth-order valence-corrected chi connectivity index (χ4v) is 3.78. The van der Waals surface area contributed by atoms with E-state index in [0.717, 1.165) is 32.4 Å². The number of fused-ring (bicyclic) bond motifs is 1. The van der Waals surface area contributed by atoms with E-state index in [-0.39, 0.29) is 11.7 Å². The molecule has 4 nitrogen and oxygen atoms in total. The number of nitrogens with one attached hydrogen (secondary N) is 2. The molecule has 0 fully saturated rings. The van der Waals surface area contributed by atoms with Gasteiger partial charge in [0.15, 0.2) is 0 Å². The van der Waals surface area contributed by atoms with Gasteiger partial charge in [0.25, 0.3) is 0 Å². The lowest BCUT2D eigenvalue weighted by molar-refractivity contribution is 0.889. The molecule has 0 amide bonds. The van der Waals surface area contributed by atoms with Crippen LogP contribution in [-0.2, 0) is 6.42 Å². The topological polar surface area (TPSA) is 74.7 Å². The van der Waals surface area contributed by atoms with Crippen molar-refractivity contribution in [3.05, 3.63) is 54.5 Å². The molecular formula is C14H14BrN3OS. The Morgan fingerprint density at radius 3 is 2.65 bits per heavy atom.